The normalized spacial score (nSPS) is 10.8. The standard InChI is InChI=1S/C22H18N2O/c1-16-7-11-20(12-8-16)22-24-23-21(25-22)15-17-9-13-19(14-10-17)18-5-3-2-4-6-18/h2-14H,15H2,1H3. The molecule has 0 aliphatic carbocycles. The average Bonchev–Trinajstić information content (AvgIpc) is 3.12. The number of aromatic nitrogens is 2. The SMILES string of the molecule is Cc1ccc(-c2nnc(Cc3ccc(-c4ccccc4)cc3)o2)cc1. The van der Waals surface area contributed by atoms with E-state index in [2.05, 4.69) is 53.5 Å². The van der Waals surface area contributed by atoms with Gasteiger partial charge in [0, 0.05) is 5.56 Å². The van der Waals surface area contributed by atoms with Crippen molar-refractivity contribution in [3.63, 3.8) is 0 Å². The molecule has 0 unspecified atom stereocenters. The Morgan fingerprint density at radius 2 is 1.32 bits per heavy atom. The molecular formula is C22H18N2O. The third kappa shape index (κ3) is 3.50. The summed E-state index contributed by atoms with van der Waals surface area (Å²) in [5, 5.41) is 8.33. The number of benzene rings is 3. The van der Waals surface area contributed by atoms with Crippen LogP contribution in [0.5, 0.6) is 0 Å². The molecule has 0 saturated heterocycles. The van der Waals surface area contributed by atoms with Gasteiger partial charge in [0.25, 0.3) is 0 Å². The van der Waals surface area contributed by atoms with Crippen molar-refractivity contribution in [2.75, 3.05) is 0 Å². The van der Waals surface area contributed by atoms with Crippen molar-refractivity contribution in [1.29, 1.82) is 0 Å². The molecule has 0 saturated carbocycles. The topological polar surface area (TPSA) is 38.9 Å². The van der Waals surface area contributed by atoms with Crippen molar-refractivity contribution in [2.45, 2.75) is 13.3 Å². The molecule has 4 aromatic rings. The molecule has 0 atom stereocenters. The van der Waals surface area contributed by atoms with Crippen LogP contribution in [0.25, 0.3) is 22.6 Å². The van der Waals surface area contributed by atoms with E-state index in [9.17, 15) is 0 Å². The van der Waals surface area contributed by atoms with Gasteiger partial charge in [-0.25, -0.2) is 0 Å². The van der Waals surface area contributed by atoms with Crippen molar-refractivity contribution < 1.29 is 4.42 Å². The lowest BCUT2D eigenvalue weighted by Crippen LogP contribution is -1.88. The highest BCUT2D eigenvalue weighted by Gasteiger charge is 2.09. The molecule has 0 radical (unpaired) electrons. The van der Waals surface area contributed by atoms with Crippen LogP contribution < -0.4 is 0 Å². The van der Waals surface area contributed by atoms with Gasteiger partial charge in [-0.2, -0.15) is 0 Å². The van der Waals surface area contributed by atoms with Gasteiger partial charge >= 0.3 is 0 Å². The Morgan fingerprint density at radius 1 is 0.680 bits per heavy atom. The van der Waals surface area contributed by atoms with E-state index in [0.29, 0.717) is 18.2 Å². The Bertz CT molecular complexity index is 955. The van der Waals surface area contributed by atoms with Crippen LogP contribution in [0.1, 0.15) is 17.0 Å². The van der Waals surface area contributed by atoms with E-state index < -0.39 is 0 Å². The van der Waals surface area contributed by atoms with Gasteiger partial charge in [-0.3, -0.25) is 0 Å². The molecule has 122 valence electrons. The Labute approximate surface area is 147 Å². The molecule has 0 N–H and O–H groups in total. The first kappa shape index (κ1) is 15.3. The van der Waals surface area contributed by atoms with Crippen LogP contribution in [0.2, 0.25) is 0 Å². The van der Waals surface area contributed by atoms with Crippen LogP contribution in [0.15, 0.2) is 83.3 Å². The highest BCUT2D eigenvalue weighted by atomic mass is 16.4. The van der Waals surface area contributed by atoms with Gasteiger partial charge in [0.15, 0.2) is 0 Å². The summed E-state index contributed by atoms with van der Waals surface area (Å²) in [5.74, 6) is 1.19. The molecule has 3 aromatic carbocycles. The van der Waals surface area contributed by atoms with Gasteiger partial charge in [-0.15, -0.1) is 10.2 Å². The van der Waals surface area contributed by atoms with Crippen LogP contribution >= 0.6 is 0 Å². The van der Waals surface area contributed by atoms with Gasteiger partial charge in [0.1, 0.15) is 0 Å². The molecule has 25 heavy (non-hydrogen) atoms. The number of rotatable bonds is 4. The molecule has 0 amide bonds. The first-order valence-corrected chi connectivity index (χ1v) is 8.32. The lowest BCUT2D eigenvalue weighted by atomic mass is 10.0. The minimum absolute atomic E-state index is 0.566. The summed E-state index contributed by atoms with van der Waals surface area (Å²) >= 11 is 0. The fourth-order valence-corrected chi connectivity index (χ4v) is 2.76. The van der Waals surface area contributed by atoms with Gasteiger partial charge in [-0.1, -0.05) is 72.3 Å². The zero-order valence-corrected chi connectivity index (χ0v) is 14.0. The largest absolute Gasteiger partial charge is 0.420 e. The van der Waals surface area contributed by atoms with E-state index in [0.717, 1.165) is 11.1 Å². The van der Waals surface area contributed by atoms with Crippen LogP contribution in [0, 0.1) is 6.92 Å². The minimum atomic E-state index is 0.566. The zero-order valence-electron chi connectivity index (χ0n) is 14.0. The van der Waals surface area contributed by atoms with Gasteiger partial charge in [0.2, 0.25) is 11.8 Å². The lowest BCUT2D eigenvalue weighted by molar-refractivity contribution is 0.518. The number of hydrogen-bond acceptors (Lipinski definition) is 3. The maximum Gasteiger partial charge on any atom is 0.247 e. The van der Waals surface area contributed by atoms with Crippen LogP contribution in [-0.4, -0.2) is 10.2 Å². The third-order valence-corrected chi connectivity index (χ3v) is 4.18. The van der Waals surface area contributed by atoms with E-state index in [-0.39, 0.29) is 0 Å². The molecular weight excluding hydrogens is 308 g/mol. The van der Waals surface area contributed by atoms with Crippen molar-refractivity contribution in [1.82, 2.24) is 10.2 Å². The smallest absolute Gasteiger partial charge is 0.247 e. The van der Waals surface area contributed by atoms with Crippen molar-refractivity contribution >= 4 is 0 Å². The number of aryl methyl sites for hydroxylation is 1. The molecule has 4 rings (SSSR count). The van der Waals surface area contributed by atoms with Gasteiger partial charge in [0.05, 0.1) is 6.42 Å². The molecule has 3 nitrogen and oxygen atoms in total. The van der Waals surface area contributed by atoms with Crippen LogP contribution in [-0.2, 0) is 6.42 Å². The minimum Gasteiger partial charge on any atom is -0.420 e. The summed E-state index contributed by atoms with van der Waals surface area (Å²) in [7, 11) is 0. The molecule has 0 fully saturated rings. The maximum absolute atomic E-state index is 5.81. The average molecular weight is 326 g/mol. The summed E-state index contributed by atoms with van der Waals surface area (Å²) in [4.78, 5) is 0. The second-order valence-corrected chi connectivity index (χ2v) is 6.11. The molecule has 0 spiro atoms. The van der Waals surface area contributed by atoms with E-state index in [1.807, 2.05) is 42.5 Å². The molecule has 1 heterocycles. The summed E-state index contributed by atoms with van der Waals surface area (Å²) < 4.78 is 5.81. The Balaban J connectivity index is 1.50. The summed E-state index contributed by atoms with van der Waals surface area (Å²) in [6, 6.07) is 26.9. The first-order valence-electron chi connectivity index (χ1n) is 8.32. The van der Waals surface area contributed by atoms with E-state index >= 15 is 0 Å². The van der Waals surface area contributed by atoms with E-state index in [4.69, 9.17) is 4.42 Å². The highest BCUT2D eigenvalue weighted by molar-refractivity contribution is 5.63. The van der Waals surface area contributed by atoms with E-state index in [1.165, 1.54) is 16.7 Å². The van der Waals surface area contributed by atoms with Crippen LogP contribution in [0.3, 0.4) is 0 Å². The van der Waals surface area contributed by atoms with Crippen LogP contribution in [0.4, 0.5) is 0 Å². The van der Waals surface area contributed by atoms with Crippen molar-refractivity contribution in [3.8, 4) is 22.6 Å². The van der Waals surface area contributed by atoms with Crippen molar-refractivity contribution in [3.05, 3.63) is 95.9 Å². The summed E-state index contributed by atoms with van der Waals surface area (Å²) in [6.07, 6.45) is 0.633. The monoisotopic (exact) mass is 326 g/mol. The second kappa shape index (κ2) is 6.73. The maximum atomic E-state index is 5.81. The Morgan fingerprint density at radius 3 is 2.04 bits per heavy atom. The van der Waals surface area contributed by atoms with Crippen molar-refractivity contribution in [2.24, 2.45) is 0 Å². The zero-order chi connectivity index (χ0) is 17.1. The highest BCUT2D eigenvalue weighted by Crippen LogP contribution is 2.22. The predicted octanol–water partition coefficient (Wildman–Crippen LogP) is 5.30. The number of nitrogens with zero attached hydrogens (tertiary/aromatic N) is 2. The molecule has 1 aromatic heterocycles. The predicted molar refractivity (Wildman–Crippen MR) is 99.2 cm³/mol. The molecule has 3 heteroatoms. The third-order valence-electron chi connectivity index (χ3n) is 4.18. The fourth-order valence-electron chi connectivity index (χ4n) is 2.76. The lowest BCUT2D eigenvalue weighted by Gasteiger charge is -2.03. The van der Waals surface area contributed by atoms with Gasteiger partial charge < -0.3 is 4.42 Å². The fraction of sp³-hybridized carbons (Fsp3) is 0.0909. The van der Waals surface area contributed by atoms with Gasteiger partial charge in [-0.05, 0) is 35.7 Å². The Hall–Kier alpha value is -3.20. The summed E-state index contributed by atoms with van der Waals surface area (Å²) in [5.41, 5.74) is 5.73. The summed E-state index contributed by atoms with van der Waals surface area (Å²) in [6.45, 7) is 2.06. The molecule has 0 aliphatic rings. The molecule has 0 aliphatic heterocycles. The van der Waals surface area contributed by atoms with E-state index in [1.54, 1.807) is 0 Å². The quantitative estimate of drug-likeness (QED) is 0.510. The second-order valence-electron chi connectivity index (χ2n) is 6.11. The molecule has 0 bridgehead atoms. The first-order chi connectivity index (χ1) is 12.3. The Kier molecular flexibility index (Phi) is 4.13. The number of hydrogen-bond donors (Lipinski definition) is 0.